The fraction of sp³-hybridized carbons (Fsp3) is 0.778. The van der Waals surface area contributed by atoms with E-state index < -0.39 is 0 Å². The molecule has 5 heteroatoms. The van der Waals surface area contributed by atoms with Crippen molar-refractivity contribution in [1.82, 2.24) is 5.32 Å². The van der Waals surface area contributed by atoms with Gasteiger partial charge in [0.15, 0.2) is 0 Å². The third-order valence-electron chi connectivity index (χ3n) is 1.56. The van der Waals surface area contributed by atoms with Gasteiger partial charge in [0.25, 0.3) is 0 Å². The van der Waals surface area contributed by atoms with Crippen LogP contribution in [-0.2, 0) is 14.3 Å². The molecule has 0 saturated carbocycles. The molecular formula is C9H17NO3S. The average Bonchev–Trinajstić information content (AvgIpc) is 2.12. The number of hydrogen-bond acceptors (Lipinski definition) is 4. The van der Waals surface area contributed by atoms with E-state index in [9.17, 15) is 9.59 Å². The van der Waals surface area contributed by atoms with Gasteiger partial charge in [-0.05, 0) is 0 Å². The second-order valence-electron chi connectivity index (χ2n) is 2.94. The fourth-order valence-corrected chi connectivity index (χ4v) is 1.74. The monoisotopic (exact) mass is 219 g/mol. The third-order valence-corrected chi connectivity index (χ3v) is 2.74. The molecule has 1 unspecified atom stereocenters. The summed E-state index contributed by atoms with van der Waals surface area (Å²) < 4.78 is 4.54. The van der Waals surface area contributed by atoms with Gasteiger partial charge in [-0.15, -0.1) is 0 Å². The van der Waals surface area contributed by atoms with Gasteiger partial charge in [0.05, 0.1) is 13.5 Å². The minimum absolute atomic E-state index is 0.0220. The van der Waals surface area contributed by atoms with Crippen molar-refractivity contribution in [1.29, 1.82) is 0 Å². The normalized spacial score (nSPS) is 11.9. The molecule has 82 valence electrons. The molecule has 0 aliphatic heterocycles. The molecule has 0 aromatic heterocycles. The van der Waals surface area contributed by atoms with Crippen molar-refractivity contribution >= 4 is 23.6 Å². The first kappa shape index (κ1) is 13.3. The van der Waals surface area contributed by atoms with E-state index in [-0.39, 0.29) is 17.1 Å². The van der Waals surface area contributed by atoms with E-state index in [1.54, 1.807) is 11.8 Å². The van der Waals surface area contributed by atoms with Gasteiger partial charge < -0.3 is 10.1 Å². The summed E-state index contributed by atoms with van der Waals surface area (Å²) in [6.07, 6.45) is 0.418. The van der Waals surface area contributed by atoms with Gasteiger partial charge in [-0.2, -0.15) is 11.8 Å². The number of esters is 1. The lowest BCUT2D eigenvalue weighted by molar-refractivity contribution is -0.140. The zero-order valence-corrected chi connectivity index (χ0v) is 9.65. The number of hydrogen-bond donors (Lipinski definition) is 1. The molecule has 0 radical (unpaired) electrons. The Bertz CT molecular complexity index is 196. The number of ether oxygens (including phenoxy) is 1. The highest BCUT2D eigenvalue weighted by molar-refractivity contribution is 7.99. The van der Waals surface area contributed by atoms with E-state index >= 15 is 0 Å². The molecule has 1 amide bonds. The molecule has 1 atom stereocenters. The Morgan fingerprint density at radius 3 is 2.64 bits per heavy atom. The summed E-state index contributed by atoms with van der Waals surface area (Å²) in [6, 6.07) is 0. The molecule has 1 N–H and O–H groups in total. The summed E-state index contributed by atoms with van der Waals surface area (Å²) in [5.41, 5.74) is 0. The Kier molecular flexibility index (Phi) is 7.28. The topological polar surface area (TPSA) is 55.4 Å². The zero-order valence-electron chi connectivity index (χ0n) is 8.83. The van der Waals surface area contributed by atoms with Crippen molar-refractivity contribution in [2.75, 3.05) is 19.4 Å². The fourth-order valence-electron chi connectivity index (χ4n) is 0.864. The van der Waals surface area contributed by atoms with Crippen molar-refractivity contribution in [3.8, 4) is 0 Å². The number of carbonyl (C=O) groups is 2. The molecule has 0 spiro atoms. The highest BCUT2D eigenvalue weighted by Gasteiger charge is 2.08. The molecule has 0 aromatic carbocycles. The van der Waals surface area contributed by atoms with Gasteiger partial charge in [-0.25, -0.2) is 0 Å². The van der Waals surface area contributed by atoms with E-state index in [0.29, 0.717) is 13.0 Å². The van der Waals surface area contributed by atoms with Crippen LogP contribution in [-0.4, -0.2) is 36.5 Å². The van der Waals surface area contributed by atoms with Gasteiger partial charge in [-0.3, -0.25) is 9.59 Å². The maximum absolute atomic E-state index is 10.9. The van der Waals surface area contributed by atoms with Crippen LogP contribution in [0.5, 0.6) is 0 Å². The second-order valence-corrected chi connectivity index (χ2v) is 4.49. The van der Waals surface area contributed by atoms with Crippen molar-refractivity contribution in [3.05, 3.63) is 0 Å². The Morgan fingerprint density at radius 1 is 1.50 bits per heavy atom. The molecule has 0 aliphatic rings. The van der Waals surface area contributed by atoms with E-state index in [4.69, 9.17) is 0 Å². The van der Waals surface area contributed by atoms with Gasteiger partial charge in [0, 0.05) is 24.5 Å². The van der Waals surface area contributed by atoms with Crippen molar-refractivity contribution in [3.63, 3.8) is 0 Å². The largest absolute Gasteiger partial charge is 0.469 e. The molecule has 0 aromatic rings. The Labute approximate surface area is 88.8 Å². The van der Waals surface area contributed by atoms with Gasteiger partial charge in [0.2, 0.25) is 5.91 Å². The Hall–Kier alpha value is -0.710. The van der Waals surface area contributed by atoms with Crippen LogP contribution < -0.4 is 5.32 Å². The zero-order chi connectivity index (χ0) is 11.0. The Balaban J connectivity index is 3.39. The minimum atomic E-state index is -0.190. The smallest absolute Gasteiger partial charge is 0.306 e. The van der Waals surface area contributed by atoms with Gasteiger partial charge in [-0.1, -0.05) is 6.92 Å². The number of carbonyl (C=O) groups excluding carboxylic acids is 2. The summed E-state index contributed by atoms with van der Waals surface area (Å²) in [5.74, 6) is 0.605. The highest BCUT2D eigenvalue weighted by atomic mass is 32.2. The van der Waals surface area contributed by atoms with Crippen molar-refractivity contribution in [2.45, 2.75) is 25.5 Å². The maximum atomic E-state index is 10.9. The predicted octanol–water partition coefficient (Wildman–Crippen LogP) is 0.807. The van der Waals surface area contributed by atoms with Crippen LogP contribution in [0, 0.1) is 0 Å². The molecule has 14 heavy (non-hydrogen) atoms. The van der Waals surface area contributed by atoms with Crippen LogP contribution in [0.1, 0.15) is 20.3 Å². The van der Waals surface area contributed by atoms with Crippen LogP contribution >= 0.6 is 11.8 Å². The van der Waals surface area contributed by atoms with Crippen LogP contribution in [0.4, 0.5) is 0 Å². The van der Waals surface area contributed by atoms with Crippen LogP contribution in [0.3, 0.4) is 0 Å². The molecule has 4 nitrogen and oxygen atoms in total. The lowest BCUT2D eigenvalue weighted by atomic mass is 10.3. The van der Waals surface area contributed by atoms with Crippen LogP contribution in [0.15, 0.2) is 0 Å². The number of amides is 1. The summed E-state index contributed by atoms with van der Waals surface area (Å²) in [6.45, 7) is 4.10. The quantitative estimate of drug-likeness (QED) is 0.530. The second kappa shape index (κ2) is 7.67. The first-order valence-electron chi connectivity index (χ1n) is 4.49. The number of nitrogens with one attached hydrogen (secondary N) is 1. The molecule has 0 heterocycles. The van der Waals surface area contributed by atoms with Gasteiger partial charge in [0.1, 0.15) is 0 Å². The average molecular weight is 219 g/mol. The number of thioether (sulfide) groups is 1. The Morgan fingerprint density at radius 2 is 2.14 bits per heavy atom. The molecule has 0 saturated heterocycles. The van der Waals surface area contributed by atoms with E-state index in [1.807, 2.05) is 6.92 Å². The van der Waals surface area contributed by atoms with E-state index in [2.05, 4.69) is 10.1 Å². The lowest BCUT2D eigenvalue weighted by Crippen LogP contribution is -2.23. The highest BCUT2D eigenvalue weighted by Crippen LogP contribution is 2.13. The minimum Gasteiger partial charge on any atom is -0.469 e. The molecular weight excluding hydrogens is 202 g/mol. The summed E-state index contributed by atoms with van der Waals surface area (Å²) in [4.78, 5) is 21.4. The number of rotatable bonds is 6. The van der Waals surface area contributed by atoms with Crippen LogP contribution in [0.25, 0.3) is 0 Å². The van der Waals surface area contributed by atoms with Crippen molar-refractivity contribution < 1.29 is 14.3 Å². The van der Waals surface area contributed by atoms with Crippen molar-refractivity contribution in [2.24, 2.45) is 0 Å². The predicted molar refractivity (Wildman–Crippen MR) is 57.2 cm³/mol. The summed E-state index contributed by atoms with van der Waals surface area (Å²) in [5, 5.41) is 2.92. The summed E-state index contributed by atoms with van der Waals surface area (Å²) in [7, 11) is 1.39. The first-order valence-corrected chi connectivity index (χ1v) is 5.54. The SMILES string of the molecule is COC(=O)CC(C)SCCNC(C)=O. The molecule has 0 rings (SSSR count). The van der Waals surface area contributed by atoms with E-state index in [0.717, 1.165) is 5.75 Å². The maximum Gasteiger partial charge on any atom is 0.306 e. The lowest BCUT2D eigenvalue weighted by Gasteiger charge is -2.09. The van der Waals surface area contributed by atoms with Crippen LogP contribution in [0.2, 0.25) is 0 Å². The molecule has 0 bridgehead atoms. The van der Waals surface area contributed by atoms with E-state index in [1.165, 1.54) is 14.0 Å². The standard InChI is InChI=1S/C9H17NO3S/c1-7(6-9(12)13-3)14-5-4-10-8(2)11/h7H,4-6H2,1-3H3,(H,10,11). The molecule has 0 aliphatic carbocycles. The first-order chi connectivity index (χ1) is 6.56. The van der Waals surface area contributed by atoms with Gasteiger partial charge >= 0.3 is 5.97 Å². The molecule has 0 fully saturated rings. The summed E-state index contributed by atoms with van der Waals surface area (Å²) >= 11 is 1.65. The number of methoxy groups -OCH3 is 1. The third kappa shape index (κ3) is 7.91.